The number of nitrogens with zero attached hydrogens (tertiary/aromatic N) is 1. The van der Waals surface area contributed by atoms with Crippen LogP contribution in [-0.4, -0.2) is 17.2 Å². The molecule has 1 aliphatic rings. The molecule has 0 aliphatic carbocycles. The van der Waals surface area contributed by atoms with Gasteiger partial charge >= 0.3 is 6.18 Å². The van der Waals surface area contributed by atoms with E-state index in [1.807, 2.05) is 18.7 Å². The summed E-state index contributed by atoms with van der Waals surface area (Å²) in [5, 5.41) is 0.695. The number of thioether (sulfide) groups is 1. The summed E-state index contributed by atoms with van der Waals surface area (Å²) >= 11 is 1.43. The van der Waals surface area contributed by atoms with E-state index in [-0.39, 0.29) is 5.56 Å². The standard InChI is InChI=1S/C18H20F3NOS/c1-4-5-10-22-12(2)13(3)24-17(22)11-16(23)14-8-6-7-9-15(14)18(19,20)21/h6-9,11H,4-5,10H2,1-3H3/b17-11-. The molecule has 6 heteroatoms. The van der Waals surface area contributed by atoms with Crippen LogP contribution in [0.3, 0.4) is 0 Å². The van der Waals surface area contributed by atoms with E-state index in [0.29, 0.717) is 5.03 Å². The molecule has 1 aliphatic heterocycles. The van der Waals surface area contributed by atoms with E-state index in [0.717, 1.165) is 36.1 Å². The van der Waals surface area contributed by atoms with Crippen LogP contribution in [0.1, 0.15) is 49.5 Å². The first-order valence-electron chi connectivity index (χ1n) is 7.80. The number of carbonyl (C=O) groups excluding carboxylic acids is 1. The van der Waals surface area contributed by atoms with Crippen LogP contribution in [-0.2, 0) is 6.18 Å². The summed E-state index contributed by atoms with van der Waals surface area (Å²) in [5.41, 5.74) is -0.149. The summed E-state index contributed by atoms with van der Waals surface area (Å²) in [7, 11) is 0. The van der Waals surface area contributed by atoms with Crippen LogP contribution < -0.4 is 0 Å². The highest BCUT2D eigenvalue weighted by Crippen LogP contribution is 2.41. The maximum absolute atomic E-state index is 13.1. The van der Waals surface area contributed by atoms with Crippen LogP contribution in [0.4, 0.5) is 13.2 Å². The number of alkyl halides is 3. The van der Waals surface area contributed by atoms with E-state index in [1.165, 1.54) is 36.0 Å². The third-order valence-corrected chi connectivity index (χ3v) is 5.07. The van der Waals surface area contributed by atoms with Gasteiger partial charge in [0.1, 0.15) is 0 Å². The highest BCUT2D eigenvalue weighted by Gasteiger charge is 2.34. The van der Waals surface area contributed by atoms with Gasteiger partial charge in [0.05, 0.1) is 10.6 Å². The molecule has 0 aromatic heterocycles. The minimum Gasteiger partial charge on any atom is -0.339 e. The fourth-order valence-electron chi connectivity index (χ4n) is 2.48. The molecule has 0 atom stereocenters. The number of halogens is 3. The van der Waals surface area contributed by atoms with Gasteiger partial charge in [-0.3, -0.25) is 4.79 Å². The highest BCUT2D eigenvalue weighted by molar-refractivity contribution is 8.06. The van der Waals surface area contributed by atoms with Crippen molar-refractivity contribution in [3.05, 3.63) is 57.1 Å². The fraction of sp³-hybridized carbons (Fsp3) is 0.389. The molecule has 130 valence electrons. The summed E-state index contributed by atoms with van der Waals surface area (Å²) in [4.78, 5) is 15.5. The minimum atomic E-state index is -4.54. The lowest BCUT2D eigenvalue weighted by Crippen LogP contribution is -2.19. The van der Waals surface area contributed by atoms with Crippen LogP contribution >= 0.6 is 11.8 Å². The lowest BCUT2D eigenvalue weighted by Gasteiger charge is -2.21. The van der Waals surface area contributed by atoms with Crippen molar-refractivity contribution in [2.45, 2.75) is 39.8 Å². The monoisotopic (exact) mass is 355 g/mol. The van der Waals surface area contributed by atoms with E-state index in [9.17, 15) is 18.0 Å². The normalized spacial score (nSPS) is 17.1. The average Bonchev–Trinajstić information content (AvgIpc) is 2.78. The van der Waals surface area contributed by atoms with Gasteiger partial charge in [-0.1, -0.05) is 43.3 Å². The molecule has 1 heterocycles. The van der Waals surface area contributed by atoms with Crippen molar-refractivity contribution >= 4 is 17.5 Å². The molecule has 0 spiro atoms. The summed E-state index contributed by atoms with van der Waals surface area (Å²) in [6.45, 7) is 6.75. The second kappa shape index (κ2) is 7.47. The van der Waals surface area contributed by atoms with E-state index in [2.05, 4.69) is 6.92 Å². The van der Waals surface area contributed by atoms with Gasteiger partial charge in [-0.25, -0.2) is 0 Å². The number of hydrogen-bond acceptors (Lipinski definition) is 3. The van der Waals surface area contributed by atoms with Crippen LogP contribution in [0, 0.1) is 0 Å². The molecular weight excluding hydrogens is 335 g/mol. The molecule has 0 N–H and O–H groups in total. The molecule has 1 aromatic carbocycles. The first-order chi connectivity index (χ1) is 11.3. The summed E-state index contributed by atoms with van der Waals surface area (Å²) in [6, 6.07) is 4.91. The molecule has 0 radical (unpaired) electrons. The molecule has 2 rings (SSSR count). The third kappa shape index (κ3) is 4.04. The Hall–Kier alpha value is -1.69. The van der Waals surface area contributed by atoms with Gasteiger partial charge in [0, 0.05) is 28.8 Å². The third-order valence-electron chi connectivity index (χ3n) is 3.93. The zero-order valence-electron chi connectivity index (χ0n) is 13.9. The maximum Gasteiger partial charge on any atom is 0.417 e. The predicted molar refractivity (Wildman–Crippen MR) is 91.4 cm³/mol. The van der Waals surface area contributed by atoms with Crippen LogP contribution in [0.25, 0.3) is 0 Å². The van der Waals surface area contributed by atoms with E-state index < -0.39 is 17.5 Å². The van der Waals surface area contributed by atoms with Crippen molar-refractivity contribution < 1.29 is 18.0 Å². The Morgan fingerprint density at radius 1 is 1.25 bits per heavy atom. The van der Waals surface area contributed by atoms with E-state index in [4.69, 9.17) is 0 Å². The second-order valence-corrected chi connectivity index (χ2v) is 6.87. The Kier molecular flexibility index (Phi) is 5.80. The Balaban J connectivity index is 2.33. The molecule has 24 heavy (non-hydrogen) atoms. The number of hydrogen-bond donors (Lipinski definition) is 0. The SMILES string of the molecule is CCCCN1C(C)=C(C)S/C1=C\C(=O)c1ccccc1C(F)(F)F. The van der Waals surface area contributed by atoms with Crippen molar-refractivity contribution in [1.29, 1.82) is 0 Å². The van der Waals surface area contributed by atoms with Gasteiger partial charge in [0.25, 0.3) is 0 Å². The Bertz CT molecular complexity index is 692. The van der Waals surface area contributed by atoms with E-state index >= 15 is 0 Å². The van der Waals surface area contributed by atoms with Crippen LogP contribution in [0.5, 0.6) is 0 Å². The number of ketones is 1. The lowest BCUT2D eigenvalue weighted by atomic mass is 10.0. The van der Waals surface area contributed by atoms with Crippen molar-refractivity contribution in [3.63, 3.8) is 0 Å². The fourth-order valence-corrected chi connectivity index (χ4v) is 3.55. The zero-order valence-corrected chi connectivity index (χ0v) is 14.7. The number of rotatable bonds is 5. The Morgan fingerprint density at radius 3 is 2.54 bits per heavy atom. The van der Waals surface area contributed by atoms with Gasteiger partial charge in [0.2, 0.25) is 0 Å². The molecule has 0 saturated carbocycles. The molecule has 1 aromatic rings. The molecule has 0 saturated heterocycles. The van der Waals surface area contributed by atoms with Crippen LogP contribution in [0.15, 0.2) is 46.0 Å². The van der Waals surface area contributed by atoms with Gasteiger partial charge in [-0.05, 0) is 26.3 Å². The summed E-state index contributed by atoms with van der Waals surface area (Å²) in [6.07, 6.45) is -1.26. The summed E-state index contributed by atoms with van der Waals surface area (Å²) < 4.78 is 39.3. The number of unbranched alkanes of at least 4 members (excludes halogenated alkanes) is 1. The molecule has 0 bridgehead atoms. The Morgan fingerprint density at radius 2 is 1.92 bits per heavy atom. The smallest absolute Gasteiger partial charge is 0.339 e. The van der Waals surface area contributed by atoms with Gasteiger partial charge in [-0.2, -0.15) is 13.2 Å². The number of benzene rings is 1. The predicted octanol–water partition coefficient (Wildman–Crippen LogP) is 5.83. The average molecular weight is 355 g/mol. The Labute approximate surface area is 144 Å². The molecular formula is C18H20F3NOS. The van der Waals surface area contributed by atoms with Gasteiger partial charge in [0.15, 0.2) is 5.78 Å². The number of allylic oxidation sites excluding steroid dienone is 3. The van der Waals surface area contributed by atoms with Crippen molar-refractivity contribution in [3.8, 4) is 0 Å². The molecule has 0 unspecified atom stereocenters. The molecule has 0 amide bonds. The first-order valence-corrected chi connectivity index (χ1v) is 8.62. The lowest BCUT2D eigenvalue weighted by molar-refractivity contribution is -0.137. The van der Waals surface area contributed by atoms with Gasteiger partial charge < -0.3 is 4.90 Å². The zero-order chi connectivity index (χ0) is 17.9. The minimum absolute atomic E-state index is 0.309. The van der Waals surface area contributed by atoms with Crippen molar-refractivity contribution in [2.75, 3.05) is 6.54 Å². The first kappa shape index (κ1) is 18.6. The second-order valence-electron chi connectivity index (χ2n) is 5.64. The number of carbonyl (C=O) groups is 1. The highest BCUT2D eigenvalue weighted by atomic mass is 32.2. The molecule has 0 fully saturated rings. The van der Waals surface area contributed by atoms with Crippen molar-refractivity contribution in [2.24, 2.45) is 0 Å². The quantitative estimate of drug-likeness (QED) is 0.489. The van der Waals surface area contributed by atoms with E-state index in [1.54, 1.807) is 0 Å². The topological polar surface area (TPSA) is 20.3 Å². The largest absolute Gasteiger partial charge is 0.417 e. The summed E-state index contributed by atoms with van der Waals surface area (Å²) in [5.74, 6) is -0.616. The molecule has 2 nitrogen and oxygen atoms in total. The maximum atomic E-state index is 13.1. The van der Waals surface area contributed by atoms with Gasteiger partial charge in [-0.15, -0.1) is 0 Å². The van der Waals surface area contributed by atoms with Crippen LogP contribution in [0.2, 0.25) is 0 Å². The van der Waals surface area contributed by atoms with Crippen molar-refractivity contribution in [1.82, 2.24) is 4.90 Å².